The summed E-state index contributed by atoms with van der Waals surface area (Å²) in [4.78, 5) is 34.8. The summed E-state index contributed by atoms with van der Waals surface area (Å²) in [6.45, 7) is 0. The van der Waals surface area contributed by atoms with E-state index in [0.717, 1.165) is 0 Å². The highest BCUT2D eigenvalue weighted by Crippen LogP contribution is 2.61. The number of nitrogens with one attached hydrogen (secondary N) is 2. The van der Waals surface area contributed by atoms with E-state index in [2.05, 4.69) is 10.6 Å². The largest absolute Gasteiger partial charge is 0.481 e. The average Bonchev–Trinajstić information content (AvgIpc) is 3.16. The summed E-state index contributed by atoms with van der Waals surface area (Å²) >= 11 is 5.84. The summed E-state index contributed by atoms with van der Waals surface area (Å²) in [5, 5.41) is 24.2. The van der Waals surface area contributed by atoms with Crippen LogP contribution in [0.15, 0.2) is 24.3 Å². The van der Waals surface area contributed by atoms with Crippen molar-refractivity contribution in [3.8, 4) is 0 Å². The third-order valence-corrected chi connectivity index (χ3v) is 5.01. The van der Waals surface area contributed by atoms with E-state index in [-0.39, 0.29) is 6.42 Å². The molecule has 2 unspecified atom stereocenters. The van der Waals surface area contributed by atoms with E-state index in [4.69, 9.17) is 17.3 Å². The SMILES string of the molecule is N[C@@]1(C(=O)O)C[C@H](NC(=O)Nc2cccc(Cl)c2)C2C1[C@H]2C(=O)O. The molecule has 24 heavy (non-hydrogen) atoms. The second-order valence-electron chi connectivity index (χ2n) is 6.23. The number of benzene rings is 1. The van der Waals surface area contributed by atoms with E-state index in [1.165, 1.54) is 0 Å². The molecule has 0 aromatic heterocycles. The molecule has 2 saturated carbocycles. The number of carboxylic acid groups (broad SMARTS) is 2. The molecule has 0 aliphatic heterocycles. The van der Waals surface area contributed by atoms with Crippen molar-refractivity contribution in [3.63, 3.8) is 0 Å². The lowest BCUT2D eigenvalue weighted by atomic mass is 9.90. The van der Waals surface area contributed by atoms with Crippen LogP contribution in [0, 0.1) is 17.8 Å². The molecule has 3 rings (SSSR count). The van der Waals surface area contributed by atoms with Crippen LogP contribution in [0.1, 0.15) is 6.42 Å². The number of nitrogens with two attached hydrogens (primary N) is 1. The lowest BCUT2D eigenvalue weighted by Crippen LogP contribution is -2.52. The Balaban J connectivity index is 1.70. The molecule has 128 valence electrons. The monoisotopic (exact) mass is 353 g/mol. The molecule has 0 spiro atoms. The minimum absolute atomic E-state index is 0.00951. The first-order chi connectivity index (χ1) is 11.2. The molecule has 9 heteroatoms. The zero-order valence-electron chi connectivity index (χ0n) is 12.4. The van der Waals surface area contributed by atoms with Crippen LogP contribution in [0.3, 0.4) is 0 Å². The second-order valence-corrected chi connectivity index (χ2v) is 6.67. The molecule has 1 aromatic rings. The van der Waals surface area contributed by atoms with E-state index in [0.29, 0.717) is 10.7 Å². The lowest BCUT2D eigenvalue weighted by Gasteiger charge is -2.25. The third kappa shape index (κ3) is 2.67. The summed E-state index contributed by atoms with van der Waals surface area (Å²) in [6.07, 6.45) is -0.00951. The van der Waals surface area contributed by atoms with Gasteiger partial charge >= 0.3 is 18.0 Å². The lowest BCUT2D eigenvalue weighted by molar-refractivity contribution is -0.145. The maximum atomic E-state index is 12.1. The second kappa shape index (κ2) is 5.64. The molecule has 2 aliphatic carbocycles. The number of aliphatic carboxylic acids is 2. The van der Waals surface area contributed by atoms with Gasteiger partial charge in [-0.1, -0.05) is 17.7 Å². The van der Waals surface area contributed by atoms with Crippen molar-refractivity contribution in [1.82, 2.24) is 5.32 Å². The van der Waals surface area contributed by atoms with Crippen LogP contribution < -0.4 is 16.4 Å². The molecule has 5 atom stereocenters. The topological polar surface area (TPSA) is 142 Å². The number of urea groups is 1. The van der Waals surface area contributed by atoms with E-state index < -0.39 is 47.3 Å². The fourth-order valence-corrected chi connectivity index (χ4v) is 3.92. The number of hydrogen-bond acceptors (Lipinski definition) is 4. The van der Waals surface area contributed by atoms with Gasteiger partial charge in [-0.25, -0.2) is 4.79 Å². The van der Waals surface area contributed by atoms with Gasteiger partial charge in [-0.3, -0.25) is 9.59 Å². The van der Waals surface area contributed by atoms with Gasteiger partial charge in [0.05, 0.1) is 5.92 Å². The Kier molecular flexibility index (Phi) is 3.89. The van der Waals surface area contributed by atoms with Crippen molar-refractivity contribution in [2.45, 2.75) is 18.0 Å². The molecule has 0 saturated heterocycles. The highest BCUT2D eigenvalue weighted by Gasteiger charge is 2.74. The predicted molar refractivity (Wildman–Crippen MR) is 84.7 cm³/mol. The molecule has 0 bridgehead atoms. The molecule has 1 aromatic carbocycles. The summed E-state index contributed by atoms with van der Waals surface area (Å²) < 4.78 is 0. The molecule has 2 amide bonds. The van der Waals surface area contributed by atoms with E-state index >= 15 is 0 Å². The molecule has 6 N–H and O–H groups in total. The van der Waals surface area contributed by atoms with Crippen molar-refractivity contribution >= 4 is 35.3 Å². The first-order valence-corrected chi connectivity index (χ1v) is 7.70. The molecular weight excluding hydrogens is 338 g/mol. The molecule has 2 fully saturated rings. The molecule has 0 heterocycles. The Morgan fingerprint density at radius 2 is 2.00 bits per heavy atom. The first-order valence-electron chi connectivity index (χ1n) is 7.32. The van der Waals surface area contributed by atoms with Crippen LogP contribution in [0.4, 0.5) is 10.5 Å². The fourth-order valence-electron chi connectivity index (χ4n) is 3.73. The van der Waals surface area contributed by atoms with Crippen LogP contribution in [0.2, 0.25) is 5.02 Å². The Hall–Kier alpha value is -2.32. The maximum absolute atomic E-state index is 12.1. The summed E-state index contributed by atoms with van der Waals surface area (Å²) in [5.74, 6) is -4.35. The average molecular weight is 354 g/mol. The van der Waals surface area contributed by atoms with Crippen LogP contribution in [0.5, 0.6) is 0 Å². The Morgan fingerprint density at radius 3 is 2.58 bits per heavy atom. The Bertz CT molecular complexity index is 727. The maximum Gasteiger partial charge on any atom is 0.324 e. The number of halogens is 1. The van der Waals surface area contributed by atoms with Gasteiger partial charge in [-0.2, -0.15) is 0 Å². The van der Waals surface area contributed by atoms with Crippen LogP contribution in [-0.4, -0.2) is 39.8 Å². The van der Waals surface area contributed by atoms with Gasteiger partial charge in [0, 0.05) is 22.7 Å². The van der Waals surface area contributed by atoms with Gasteiger partial charge in [0.15, 0.2) is 0 Å². The standard InChI is InChI=1S/C15H16ClN3O5/c16-6-2-1-3-7(4-6)18-14(24)19-8-5-15(17,13(22)23)11-9(8)10(11)12(20)21/h1-4,8-11H,5,17H2,(H,20,21)(H,22,23)(H2,18,19,24)/t8-,9?,10-,11?,15-/m0/s1. The van der Waals surface area contributed by atoms with E-state index in [1.807, 2.05) is 0 Å². The highest BCUT2D eigenvalue weighted by atomic mass is 35.5. The summed E-state index contributed by atoms with van der Waals surface area (Å²) in [5.41, 5.74) is 4.73. The molecule has 8 nitrogen and oxygen atoms in total. The van der Waals surface area contributed by atoms with Gasteiger partial charge in [0.25, 0.3) is 0 Å². The smallest absolute Gasteiger partial charge is 0.324 e. The number of hydrogen-bond donors (Lipinski definition) is 5. The van der Waals surface area contributed by atoms with Gasteiger partial charge in [0.1, 0.15) is 5.54 Å². The van der Waals surface area contributed by atoms with Crippen molar-refractivity contribution < 1.29 is 24.6 Å². The third-order valence-electron chi connectivity index (χ3n) is 4.77. The van der Waals surface area contributed by atoms with Crippen molar-refractivity contribution in [2.75, 3.05) is 5.32 Å². The van der Waals surface area contributed by atoms with Gasteiger partial charge in [0.2, 0.25) is 0 Å². The van der Waals surface area contributed by atoms with Crippen molar-refractivity contribution in [1.29, 1.82) is 0 Å². The van der Waals surface area contributed by atoms with Crippen LogP contribution in [0.25, 0.3) is 0 Å². The Morgan fingerprint density at radius 1 is 1.29 bits per heavy atom. The highest BCUT2D eigenvalue weighted by molar-refractivity contribution is 6.30. The summed E-state index contributed by atoms with van der Waals surface area (Å²) in [6, 6.07) is 5.34. The van der Waals surface area contributed by atoms with Gasteiger partial charge < -0.3 is 26.6 Å². The number of fused-ring (bicyclic) bond motifs is 1. The Labute approximate surface area is 142 Å². The zero-order chi connectivity index (χ0) is 17.6. The quantitative estimate of drug-likeness (QED) is 0.546. The zero-order valence-corrected chi connectivity index (χ0v) is 13.2. The number of rotatable bonds is 4. The van der Waals surface area contributed by atoms with E-state index in [9.17, 15) is 24.6 Å². The fraction of sp³-hybridized carbons (Fsp3) is 0.400. The number of amides is 2. The molecule has 0 radical (unpaired) electrons. The van der Waals surface area contributed by atoms with Crippen LogP contribution >= 0.6 is 11.6 Å². The van der Waals surface area contributed by atoms with Gasteiger partial charge in [-0.15, -0.1) is 0 Å². The number of carbonyl (C=O) groups excluding carboxylic acids is 1. The number of anilines is 1. The van der Waals surface area contributed by atoms with Crippen LogP contribution in [-0.2, 0) is 9.59 Å². The first kappa shape index (κ1) is 16.5. The van der Waals surface area contributed by atoms with Gasteiger partial charge in [-0.05, 0) is 30.5 Å². The minimum atomic E-state index is -1.64. The minimum Gasteiger partial charge on any atom is -0.481 e. The van der Waals surface area contributed by atoms with E-state index in [1.54, 1.807) is 24.3 Å². The molecular formula is C15H16ClN3O5. The normalized spacial score (nSPS) is 33.4. The molecule has 2 aliphatic rings. The van der Waals surface area contributed by atoms with Crippen molar-refractivity contribution in [3.05, 3.63) is 29.3 Å². The van der Waals surface area contributed by atoms with Crippen molar-refractivity contribution in [2.24, 2.45) is 23.5 Å². The number of carbonyl (C=O) groups is 3. The predicted octanol–water partition coefficient (Wildman–Crippen LogP) is 0.963. The summed E-state index contributed by atoms with van der Waals surface area (Å²) in [7, 11) is 0. The number of carboxylic acids is 2.